The van der Waals surface area contributed by atoms with E-state index in [2.05, 4.69) is 10.4 Å². The molecule has 0 saturated heterocycles. The van der Waals surface area contributed by atoms with Crippen molar-refractivity contribution < 1.29 is 9.18 Å². The lowest BCUT2D eigenvalue weighted by Gasteiger charge is -2.23. The number of carbonyl (C=O) groups is 1. The van der Waals surface area contributed by atoms with Crippen molar-refractivity contribution in [2.24, 2.45) is 5.92 Å². The highest BCUT2D eigenvalue weighted by Gasteiger charge is 2.26. The predicted octanol–water partition coefficient (Wildman–Crippen LogP) is 3.46. The van der Waals surface area contributed by atoms with Crippen molar-refractivity contribution in [1.29, 1.82) is 0 Å². The van der Waals surface area contributed by atoms with E-state index in [-0.39, 0.29) is 17.6 Å². The number of amides is 1. The molecule has 1 aliphatic carbocycles. The molecule has 1 aromatic heterocycles. The smallest absolute Gasteiger partial charge is 0.228 e. The highest BCUT2D eigenvalue weighted by molar-refractivity contribution is 6.33. The van der Waals surface area contributed by atoms with Gasteiger partial charge in [0.15, 0.2) is 5.82 Å². The molecule has 1 fully saturated rings. The molecule has 1 amide bonds. The molecule has 1 N–H and O–H groups in total. The Hall–Kier alpha value is -1.88. The van der Waals surface area contributed by atoms with E-state index in [0.717, 1.165) is 24.8 Å². The number of hydrogen-bond donors (Lipinski definition) is 1. The van der Waals surface area contributed by atoms with E-state index in [9.17, 15) is 9.18 Å². The number of nitrogens with one attached hydrogen (secondary N) is 1. The molecule has 3 rings (SSSR count). The van der Waals surface area contributed by atoms with Gasteiger partial charge < -0.3 is 5.32 Å². The van der Waals surface area contributed by atoms with Gasteiger partial charge in [-0.1, -0.05) is 30.2 Å². The van der Waals surface area contributed by atoms with Crippen molar-refractivity contribution in [2.45, 2.75) is 25.8 Å². The number of rotatable bonds is 4. The Morgan fingerprint density at radius 3 is 2.71 bits per heavy atom. The third-order valence-corrected chi connectivity index (χ3v) is 3.97. The van der Waals surface area contributed by atoms with Gasteiger partial charge in [-0.25, -0.2) is 4.39 Å². The van der Waals surface area contributed by atoms with E-state index in [1.54, 1.807) is 23.0 Å². The summed E-state index contributed by atoms with van der Waals surface area (Å²) in [5, 5.41) is 7.44. The number of nitrogens with zero attached hydrogens (tertiary/aromatic N) is 2. The lowest BCUT2D eigenvalue weighted by molar-refractivity contribution is -0.122. The summed E-state index contributed by atoms with van der Waals surface area (Å²) < 4.78 is 14.5. The second-order valence-corrected chi connectivity index (χ2v) is 5.67. The van der Waals surface area contributed by atoms with Crippen LogP contribution >= 0.6 is 11.6 Å². The maximum atomic E-state index is 12.9. The van der Waals surface area contributed by atoms with Gasteiger partial charge in [0.2, 0.25) is 5.91 Å². The first-order valence-corrected chi connectivity index (χ1v) is 7.28. The SMILES string of the molecule is O=C(Nc1nn(Cc2ccc(F)cc2)cc1Cl)C1CCC1. The number of halogens is 2. The summed E-state index contributed by atoms with van der Waals surface area (Å²) in [5.41, 5.74) is 0.910. The Morgan fingerprint density at radius 2 is 2.10 bits per heavy atom. The third kappa shape index (κ3) is 3.24. The van der Waals surface area contributed by atoms with Gasteiger partial charge in [0.05, 0.1) is 6.54 Å². The third-order valence-electron chi connectivity index (χ3n) is 3.69. The van der Waals surface area contributed by atoms with Crippen LogP contribution in [0.3, 0.4) is 0 Å². The molecule has 0 radical (unpaired) electrons. The topological polar surface area (TPSA) is 46.9 Å². The van der Waals surface area contributed by atoms with E-state index in [1.165, 1.54) is 12.1 Å². The number of carbonyl (C=O) groups excluding carboxylic acids is 1. The van der Waals surface area contributed by atoms with Gasteiger partial charge in [0, 0.05) is 12.1 Å². The second-order valence-electron chi connectivity index (χ2n) is 5.27. The predicted molar refractivity (Wildman–Crippen MR) is 78.7 cm³/mol. The highest BCUT2D eigenvalue weighted by atomic mass is 35.5. The zero-order chi connectivity index (χ0) is 14.8. The molecule has 0 spiro atoms. The van der Waals surface area contributed by atoms with E-state index in [0.29, 0.717) is 17.4 Å². The Morgan fingerprint density at radius 1 is 1.38 bits per heavy atom. The summed E-state index contributed by atoms with van der Waals surface area (Å²) in [5.74, 6) is 0.180. The van der Waals surface area contributed by atoms with Crippen LogP contribution in [0.15, 0.2) is 30.5 Å². The van der Waals surface area contributed by atoms with Gasteiger partial charge in [-0.05, 0) is 30.5 Å². The second kappa shape index (κ2) is 5.85. The van der Waals surface area contributed by atoms with Gasteiger partial charge in [-0.3, -0.25) is 9.48 Å². The van der Waals surface area contributed by atoms with Crippen LogP contribution in [-0.2, 0) is 11.3 Å². The zero-order valence-electron chi connectivity index (χ0n) is 11.4. The normalized spacial score (nSPS) is 14.8. The molecule has 0 aliphatic heterocycles. The molecule has 1 aliphatic rings. The minimum Gasteiger partial charge on any atom is -0.308 e. The molecular formula is C15H15ClFN3O. The average molecular weight is 308 g/mol. The van der Waals surface area contributed by atoms with Gasteiger partial charge in [0.25, 0.3) is 0 Å². The molecule has 0 atom stereocenters. The van der Waals surface area contributed by atoms with Crippen LogP contribution in [0, 0.1) is 11.7 Å². The van der Waals surface area contributed by atoms with Gasteiger partial charge in [-0.15, -0.1) is 0 Å². The van der Waals surface area contributed by atoms with Crippen molar-refractivity contribution in [2.75, 3.05) is 5.32 Å². The molecule has 1 heterocycles. The Labute approximate surface area is 126 Å². The largest absolute Gasteiger partial charge is 0.308 e. The number of hydrogen-bond acceptors (Lipinski definition) is 2. The molecule has 1 aromatic carbocycles. The molecule has 21 heavy (non-hydrogen) atoms. The quantitative estimate of drug-likeness (QED) is 0.940. The van der Waals surface area contributed by atoms with Crippen molar-refractivity contribution in [3.8, 4) is 0 Å². The molecule has 0 unspecified atom stereocenters. The summed E-state index contributed by atoms with van der Waals surface area (Å²) in [6, 6.07) is 6.19. The molecular weight excluding hydrogens is 293 g/mol. The van der Waals surface area contributed by atoms with Crippen LogP contribution in [0.4, 0.5) is 10.2 Å². The Bertz CT molecular complexity index is 649. The van der Waals surface area contributed by atoms with Crippen molar-refractivity contribution in [3.05, 3.63) is 46.9 Å². The lowest BCUT2D eigenvalue weighted by atomic mass is 9.85. The summed E-state index contributed by atoms with van der Waals surface area (Å²) in [6.07, 6.45) is 4.62. The zero-order valence-corrected chi connectivity index (χ0v) is 12.1. The van der Waals surface area contributed by atoms with E-state index in [1.807, 2.05) is 0 Å². The first kappa shape index (κ1) is 14.1. The van der Waals surface area contributed by atoms with Crippen LogP contribution in [0.2, 0.25) is 5.02 Å². The van der Waals surface area contributed by atoms with Crippen LogP contribution in [0.1, 0.15) is 24.8 Å². The first-order chi connectivity index (χ1) is 10.1. The first-order valence-electron chi connectivity index (χ1n) is 6.90. The van der Waals surface area contributed by atoms with Crippen LogP contribution < -0.4 is 5.32 Å². The summed E-state index contributed by atoms with van der Waals surface area (Å²) >= 11 is 6.09. The summed E-state index contributed by atoms with van der Waals surface area (Å²) in [4.78, 5) is 11.9. The molecule has 0 bridgehead atoms. The molecule has 1 saturated carbocycles. The fourth-order valence-electron chi connectivity index (χ4n) is 2.23. The fourth-order valence-corrected chi connectivity index (χ4v) is 2.43. The minimum absolute atomic E-state index is 0.0183. The minimum atomic E-state index is -0.273. The van der Waals surface area contributed by atoms with Gasteiger partial charge in [-0.2, -0.15) is 5.10 Å². The van der Waals surface area contributed by atoms with Gasteiger partial charge in [0.1, 0.15) is 10.8 Å². The van der Waals surface area contributed by atoms with Crippen molar-refractivity contribution in [3.63, 3.8) is 0 Å². The maximum Gasteiger partial charge on any atom is 0.228 e. The summed E-state index contributed by atoms with van der Waals surface area (Å²) in [6.45, 7) is 0.472. The van der Waals surface area contributed by atoms with Crippen LogP contribution in [0.25, 0.3) is 0 Å². The van der Waals surface area contributed by atoms with Gasteiger partial charge >= 0.3 is 0 Å². The molecule has 110 valence electrons. The maximum absolute atomic E-state index is 12.9. The fraction of sp³-hybridized carbons (Fsp3) is 0.333. The van der Waals surface area contributed by atoms with Crippen molar-refractivity contribution >= 4 is 23.3 Å². The van der Waals surface area contributed by atoms with Crippen LogP contribution in [-0.4, -0.2) is 15.7 Å². The Kier molecular flexibility index (Phi) is 3.92. The van der Waals surface area contributed by atoms with E-state index < -0.39 is 0 Å². The number of anilines is 1. The molecule has 6 heteroatoms. The number of aromatic nitrogens is 2. The molecule has 2 aromatic rings. The molecule has 4 nitrogen and oxygen atoms in total. The Balaban J connectivity index is 1.68. The van der Waals surface area contributed by atoms with Crippen LogP contribution in [0.5, 0.6) is 0 Å². The number of benzene rings is 1. The van der Waals surface area contributed by atoms with Crippen molar-refractivity contribution in [1.82, 2.24) is 9.78 Å². The monoisotopic (exact) mass is 307 g/mol. The van der Waals surface area contributed by atoms with E-state index in [4.69, 9.17) is 11.6 Å². The summed E-state index contributed by atoms with van der Waals surface area (Å²) in [7, 11) is 0. The highest BCUT2D eigenvalue weighted by Crippen LogP contribution is 2.28. The average Bonchev–Trinajstić information content (AvgIpc) is 2.70. The van der Waals surface area contributed by atoms with E-state index >= 15 is 0 Å². The lowest BCUT2D eigenvalue weighted by Crippen LogP contribution is -2.28. The standard InChI is InChI=1S/C15H15ClFN3O/c16-13-9-20(8-10-4-6-12(17)7-5-10)19-14(13)18-15(21)11-2-1-3-11/h4-7,9,11H,1-3,8H2,(H,18,19,21).